The standard InChI is InChI=1S/C15H20N4O3S/c1-10-5-6-11(22-10)8-19(2)9-13(20)16-15-18-17-14(23-15)12-4-3-7-21-12/h5-6,12H,3-4,7-9H2,1-2H3,(H,16,18,20). The minimum absolute atomic E-state index is 0.0306. The fourth-order valence-electron chi connectivity index (χ4n) is 2.48. The normalized spacial score (nSPS) is 17.8. The summed E-state index contributed by atoms with van der Waals surface area (Å²) in [6.07, 6.45) is 2.04. The molecule has 1 saturated heterocycles. The van der Waals surface area contributed by atoms with Crippen LogP contribution in [0.15, 0.2) is 16.5 Å². The van der Waals surface area contributed by atoms with Crippen LogP contribution in [0.1, 0.15) is 35.5 Å². The third-order valence-corrected chi connectivity index (χ3v) is 4.46. The number of hydrogen-bond acceptors (Lipinski definition) is 7. The van der Waals surface area contributed by atoms with Crippen LogP contribution in [0, 0.1) is 6.92 Å². The average molecular weight is 336 g/mol. The molecule has 0 aliphatic carbocycles. The zero-order valence-electron chi connectivity index (χ0n) is 13.2. The Bertz CT molecular complexity index is 663. The third-order valence-electron chi connectivity index (χ3n) is 3.53. The molecule has 124 valence electrons. The van der Waals surface area contributed by atoms with Crippen molar-refractivity contribution in [2.75, 3.05) is 25.5 Å². The van der Waals surface area contributed by atoms with Crippen LogP contribution in [-0.4, -0.2) is 41.2 Å². The van der Waals surface area contributed by atoms with Gasteiger partial charge in [0.05, 0.1) is 13.1 Å². The first-order chi connectivity index (χ1) is 11.1. The molecule has 1 fully saturated rings. The predicted octanol–water partition coefficient (Wildman–Crippen LogP) is 2.36. The second-order valence-corrected chi connectivity index (χ2v) is 6.69. The van der Waals surface area contributed by atoms with Crippen LogP contribution >= 0.6 is 11.3 Å². The van der Waals surface area contributed by atoms with Crippen molar-refractivity contribution >= 4 is 22.4 Å². The molecule has 0 spiro atoms. The molecule has 3 rings (SSSR count). The van der Waals surface area contributed by atoms with Gasteiger partial charge in [-0.3, -0.25) is 15.0 Å². The van der Waals surface area contributed by atoms with E-state index in [9.17, 15) is 4.79 Å². The van der Waals surface area contributed by atoms with E-state index in [2.05, 4.69) is 15.5 Å². The van der Waals surface area contributed by atoms with Crippen LogP contribution in [0.3, 0.4) is 0 Å². The SMILES string of the molecule is Cc1ccc(CN(C)CC(=O)Nc2nnc(C3CCCO3)s2)o1. The molecule has 1 aliphatic rings. The Kier molecular flexibility index (Phi) is 5.04. The first kappa shape index (κ1) is 16.1. The monoisotopic (exact) mass is 336 g/mol. The number of aromatic nitrogens is 2. The first-order valence-corrected chi connectivity index (χ1v) is 8.40. The lowest BCUT2D eigenvalue weighted by Gasteiger charge is -2.13. The highest BCUT2D eigenvalue weighted by Crippen LogP contribution is 2.31. The van der Waals surface area contributed by atoms with E-state index >= 15 is 0 Å². The molecule has 1 amide bonds. The molecule has 1 aliphatic heterocycles. The number of likely N-dealkylation sites (N-methyl/N-ethyl adjacent to an activating group) is 1. The van der Waals surface area contributed by atoms with Gasteiger partial charge >= 0.3 is 0 Å². The number of carbonyl (C=O) groups is 1. The summed E-state index contributed by atoms with van der Waals surface area (Å²) in [5, 5.41) is 12.2. The van der Waals surface area contributed by atoms with Crippen LogP contribution in [0.25, 0.3) is 0 Å². The Balaban J connectivity index is 1.48. The Morgan fingerprint density at radius 2 is 2.35 bits per heavy atom. The lowest BCUT2D eigenvalue weighted by molar-refractivity contribution is -0.117. The molecule has 0 radical (unpaired) electrons. The number of amides is 1. The molecule has 0 saturated carbocycles. The van der Waals surface area contributed by atoms with Gasteiger partial charge in [-0.05, 0) is 38.9 Å². The summed E-state index contributed by atoms with van der Waals surface area (Å²) in [5.74, 6) is 1.59. The maximum atomic E-state index is 12.1. The maximum absolute atomic E-state index is 12.1. The molecule has 2 aromatic heterocycles. The van der Waals surface area contributed by atoms with E-state index in [0.717, 1.165) is 36.0 Å². The van der Waals surface area contributed by atoms with Crippen molar-refractivity contribution in [2.45, 2.75) is 32.4 Å². The van der Waals surface area contributed by atoms with Crippen molar-refractivity contribution in [3.05, 3.63) is 28.7 Å². The number of nitrogens with zero attached hydrogens (tertiary/aromatic N) is 3. The van der Waals surface area contributed by atoms with Gasteiger partial charge in [0.15, 0.2) is 0 Å². The quantitative estimate of drug-likeness (QED) is 0.872. The van der Waals surface area contributed by atoms with E-state index in [-0.39, 0.29) is 18.6 Å². The smallest absolute Gasteiger partial charge is 0.240 e. The topological polar surface area (TPSA) is 80.5 Å². The number of carbonyl (C=O) groups excluding carboxylic acids is 1. The Morgan fingerprint density at radius 3 is 3.04 bits per heavy atom. The van der Waals surface area contributed by atoms with Crippen LogP contribution in [0.5, 0.6) is 0 Å². The number of furan rings is 1. The Morgan fingerprint density at radius 1 is 1.48 bits per heavy atom. The van der Waals surface area contributed by atoms with Gasteiger partial charge in [-0.1, -0.05) is 11.3 Å². The van der Waals surface area contributed by atoms with Crippen molar-refractivity contribution in [3.63, 3.8) is 0 Å². The average Bonchev–Trinajstić information content (AvgIpc) is 3.19. The lowest BCUT2D eigenvalue weighted by Crippen LogP contribution is -2.29. The number of aryl methyl sites for hydroxylation is 1. The fourth-order valence-corrected chi connectivity index (χ4v) is 3.33. The second-order valence-electron chi connectivity index (χ2n) is 5.68. The molecular weight excluding hydrogens is 316 g/mol. The highest BCUT2D eigenvalue weighted by atomic mass is 32.1. The summed E-state index contributed by atoms with van der Waals surface area (Å²) in [7, 11) is 1.87. The van der Waals surface area contributed by atoms with E-state index in [0.29, 0.717) is 11.7 Å². The van der Waals surface area contributed by atoms with Crippen LogP contribution in [0.4, 0.5) is 5.13 Å². The molecule has 3 heterocycles. The minimum atomic E-state index is -0.120. The highest BCUT2D eigenvalue weighted by Gasteiger charge is 2.22. The zero-order chi connectivity index (χ0) is 16.2. The molecule has 8 heteroatoms. The molecule has 0 aromatic carbocycles. The lowest BCUT2D eigenvalue weighted by atomic mass is 10.2. The van der Waals surface area contributed by atoms with Gasteiger partial charge < -0.3 is 9.15 Å². The molecule has 1 N–H and O–H groups in total. The first-order valence-electron chi connectivity index (χ1n) is 7.59. The summed E-state index contributed by atoms with van der Waals surface area (Å²) >= 11 is 1.38. The fraction of sp³-hybridized carbons (Fsp3) is 0.533. The number of hydrogen-bond donors (Lipinski definition) is 1. The Labute approximate surface area is 138 Å². The maximum Gasteiger partial charge on any atom is 0.240 e. The molecule has 1 atom stereocenters. The molecular formula is C15H20N4O3S. The molecule has 7 nitrogen and oxygen atoms in total. The zero-order valence-corrected chi connectivity index (χ0v) is 14.1. The molecule has 23 heavy (non-hydrogen) atoms. The largest absolute Gasteiger partial charge is 0.465 e. The van der Waals surface area contributed by atoms with Gasteiger partial charge in [0.1, 0.15) is 22.6 Å². The van der Waals surface area contributed by atoms with E-state index in [1.54, 1.807) is 0 Å². The Hall–Kier alpha value is -1.77. The van der Waals surface area contributed by atoms with E-state index < -0.39 is 0 Å². The number of ether oxygens (including phenoxy) is 1. The van der Waals surface area contributed by atoms with Gasteiger partial charge in [-0.25, -0.2) is 0 Å². The van der Waals surface area contributed by atoms with Gasteiger partial charge in [-0.2, -0.15) is 0 Å². The number of rotatable bonds is 6. The van der Waals surface area contributed by atoms with E-state index in [1.165, 1.54) is 11.3 Å². The van der Waals surface area contributed by atoms with Gasteiger partial charge in [0, 0.05) is 6.61 Å². The summed E-state index contributed by atoms with van der Waals surface area (Å²) in [4.78, 5) is 14.0. The van der Waals surface area contributed by atoms with E-state index in [1.807, 2.05) is 31.0 Å². The van der Waals surface area contributed by atoms with Gasteiger partial charge in [0.2, 0.25) is 11.0 Å². The summed E-state index contributed by atoms with van der Waals surface area (Å²) < 4.78 is 11.1. The van der Waals surface area contributed by atoms with Crippen molar-refractivity contribution < 1.29 is 13.9 Å². The second kappa shape index (κ2) is 7.20. The predicted molar refractivity (Wildman–Crippen MR) is 86.2 cm³/mol. The molecule has 2 aromatic rings. The van der Waals surface area contributed by atoms with Crippen LogP contribution in [-0.2, 0) is 16.1 Å². The van der Waals surface area contributed by atoms with Crippen LogP contribution in [0.2, 0.25) is 0 Å². The summed E-state index contributed by atoms with van der Waals surface area (Å²) in [6, 6.07) is 3.83. The molecule has 0 bridgehead atoms. The van der Waals surface area contributed by atoms with Crippen molar-refractivity contribution in [3.8, 4) is 0 Å². The highest BCUT2D eigenvalue weighted by molar-refractivity contribution is 7.15. The third kappa shape index (κ3) is 4.37. The van der Waals surface area contributed by atoms with E-state index in [4.69, 9.17) is 9.15 Å². The van der Waals surface area contributed by atoms with Crippen molar-refractivity contribution in [1.82, 2.24) is 15.1 Å². The number of nitrogens with one attached hydrogen (secondary N) is 1. The van der Waals surface area contributed by atoms with Crippen molar-refractivity contribution in [1.29, 1.82) is 0 Å². The van der Waals surface area contributed by atoms with Crippen LogP contribution < -0.4 is 5.32 Å². The van der Waals surface area contributed by atoms with Gasteiger partial charge in [0.25, 0.3) is 0 Å². The van der Waals surface area contributed by atoms with Gasteiger partial charge in [-0.15, -0.1) is 10.2 Å². The van der Waals surface area contributed by atoms with Crippen molar-refractivity contribution in [2.24, 2.45) is 0 Å². The molecule has 1 unspecified atom stereocenters. The minimum Gasteiger partial charge on any atom is -0.465 e. The summed E-state index contributed by atoms with van der Waals surface area (Å²) in [6.45, 7) is 3.51. The number of anilines is 1. The summed E-state index contributed by atoms with van der Waals surface area (Å²) in [5.41, 5.74) is 0.